The van der Waals surface area contributed by atoms with E-state index in [1.807, 2.05) is 36.4 Å². The van der Waals surface area contributed by atoms with E-state index in [1.54, 1.807) is 24.3 Å². The van der Waals surface area contributed by atoms with E-state index in [4.69, 9.17) is 4.74 Å². The number of ether oxygens (including phenoxy) is 1. The predicted molar refractivity (Wildman–Crippen MR) is 95.1 cm³/mol. The second-order valence-corrected chi connectivity index (χ2v) is 6.16. The lowest BCUT2D eigenvalue weighted by atomic mass is 9.82. The number of benzene rings is 2. The van der Waals surface area contributed by atoms with Crippen LogP contribution >= 0.6 is 0 Å². The van der Waals surface area contributed by atoms with Gasteiger partial charge in [0.1, 0.15) is 0 Å². The third kappa shape index (κ3) is 4.25. The summed E-state index contributed by atoms with van der Waals surface area (Å²) in [4.78, 5) is 24.5. The molecule has 1 fully saturated rings. The summed E-state index contributed by atoms with van der Waals surface area (Å²) >= 11 is 0. The van der Waals surface area contributed by atoms with Gasteiger partial charge in [0.2, 0.25) is 5.91 Å². The van der Waals surface area contributed by atoms with Crippen molar-refractivity contribution in [3.63, 3.8) is 0 Å². The molecule has 1 aliphatic heterocycles. The van der Waals surface area contributed by atoms with Crippen LogP contribution < -0.4 is 10.6 Å². The summed E-state index contributed by atoms with van der Waals surface area (Å²) in [5.74, 6) is -0.452. The van der Waals surface area contributed by atoms with E-state index in [-0.39, 0.29) is 18.4 Å². The Morgan fingerprint density at radius 3 is 2.16 bits per heavy atom. The zero-order chi connectivity index (χ0) is 17.5. The molecule has 5 nitrogen and oxygen atoms in total. The van der Waals surface area contributed by atoms with Crippen LogP contribution in [-0.2, 0) is 15.1 Å². The number of amides is 2. The van der Waals surface area contributed by atoms with Gasteiger partial charge in [-0.15, -0.1) is 0 Å². The van der Waals surface area contributed by atoms with E-state index in [0.717, 1.165) is 18.4 Å². The second-order valence-electron chi connectivity index (χ2n) is 6.16. The number of hydrogen-bond donors (Lipinski definition) is 2. The van der Waals surface area contributed by atoms with Gasteiger partial charge in [-0.2, -0.15) is 0 Å². The summed E-state index contributed by atoms with van der Waals surface area (Å²) < 4.78 is 5.46. The van der Waals surface area contributed by atoms with Gasteiger partial charge in [0.25, 0.3) is 5.91 Å². The van der Waals surface area contributed by atoms with E-state index >= 15 is 0 Å². The SMILES string of the molecule is O=C(CNC(=O)c1ccccc1)NC1(c2ccccc2)CCOCC1. The maximum Gasteiger partial charge on any atom is 0.251 e. The van der Waals surface area contributed by atoms with Crippen LogP contribution in [0.25, 0.3) is 0 Å². The van der Waals surface area contributed by atoms with Crippen molar-refractivity contribution in [1.82, 2.24) is 10.6 Å². The zero-order valence-electron chi connectivity index (χ0n) is 14.0. The van der Waals surface area contributed by atoms with E-state index in [9.17, 15) is 9.59 Å². The van der Waals surface area contributed by atoms with Crippen LogP contribution in [0.4, 0.5) is 0 Å². The highest BCUT2D eigenvalue weighted by Gasteiger charge is 2.35. The molecule has 0 radical (unpaired) electrons. The summed E-state index contributed by atoms with van der Waals surface area (Å²) in [7, 11) is 0. The Hall–Kier alpha value is -2.66. The van der Waals surface area contributed by atoms with E-state index in [0.29, 0.717) is 18.8 Å². The minimum atomic E-state index is -0.436. The maximum atomic E-state index is 12.5. The average molecular weight is 338 g/mol. The highest BCUT2D eigenvalue weighted by atomic mass is 16.5. The Balaban J connectivity index is 1.64. The van der Waals surface area contributed by atoms with Crippen LogP contribution in [-0.4, -0.2) is 31.6 Å². The molecule has 2 amide bonds. The van der Waals surface area contributed by atoms with Gasteiger partial charge in [-0.3, -0.25) is 9.59 Å². The first-order valence-corrected chi connectivity index (χ1v) is 8.47. The third-order valence-electron chi connectivity index (χ3n) is 4.50. The first kappa shape index (κ1) is 17.2. The Morgan fingerprint density at radius 1 is 0.920 bits per heavy atom. The Bertz CT molecular complexity index is 710. The van der Waals surface area contributed by atoms with Crippen LogP contribution in [0.1, 0.15) is 28.8 Å². The molecule has 5 heteroatoms. The summed E-state index contributed by atoms with van der Waals surface area (Å²) in [5.41, 5.74) is 1.17. The van der Waals surface area contributed by atoms with Gasteiger partial charge in [-0.25, -0.2) is 0 Å². The van der Waals surface area contributed by atoms with E-state index < -0.39 is 5.54 Å². The number of carbonyl (C=O) groups is 2. The highest BCUT2D eigenvalue weighted by molar-refractivity contribution is 5.96. The van der Waals surface area contributed by atoms with Crippen molar-refractivity contribution in [3.8, 4) is 0 Å². The van der Waals surface area contributed by atoms with Crippen LogP contribution in [0.15, 0.2) is 60.7 Å². The van der Waals surface area contributed by atoms with Gasteiger partial charge in [0.05, 0.1) is 12.1 Å². The van der Waals surface area contributed by atoms with Crippen molar-refractivity contribution in [1.29, 1.82) is 0 Å². The molecular formula is C20H22N2O3. The molecule has 0 unspecified atom stereocenters. The van der Waals surface area contributed by atoms with E-state index in [1.165, 1.54) is 0 Å². The Morgan fingerprint density at radius 2 is 1.52 bits per heavy atom. The predicted octanol–water partition coefficient (Wildman–Crippen LogP) is 2.24. The lowest BCUT2D eigenvalue weighted by Crippen LogP contribution is -2.52. The number of carbonyl (C=O) groups excluding carboxylic acids is 2. The monoisotopic (exact) mass is 338 g/mol. The van der Waals surface area contributed by atoms with Crippen molar-refractivity contribution in [2.45, 2.75) is 18.4 Å². The van der Waals surface area contributed by atoms with Crippen molar-refractivity contribution >= 4 is 11.8 Å². The molecule has 0 bridgehead atoms. The molecule has 0 aromatic heterocycles. The maximum absolute atomic E-state index is 12.5. The normalized spacial score (nSPS) is 16.0. The van der Waals surface area contributed by atoms with Crippen LogP contribution in [0.2, 0.25) is 0 Å². The zero-order valence-corrected chi connectivity index (χ0v) is 14.0. The summed E-state index contributed by atoms with van der Waals surface area (Å²) in [6.45, 7) is 1.15. The molecule has 0 atom stereocenters. The van der Waals surface area contributed by atoms with Crippen molar-refractivity contribution in [3.05, 3.63) is 71.8 Å². The molecular weight excluding hydrogens is 316 g/mol. The molecule has 2 N–H and O–H groups in total. The second kappa shape index (κ2) is 7.94. The van der Waals surface area contributed by atoms with Gasteiger partial charge in [0.15, 0.2) is 0 Å². The minimum absolute atomic E-state index is 0.0524. The summed E-state index contributed by atoms with van der Waals surface area (Å²) in [5, 5.41) is 5.80. The van der Waals surface area contributed by atoms with E-state index in [2.05, 4.69) is 10.6 Å². The van der Waals surface area contributed by atoms with Gasteiger partial charge in [-0.05, 0) is 30.5 Å². The lowest BCUT2D eigenvalue weighted by Gasteiger charge is -2.38. The molecule has 1 saturated heterocycles. The smallest absolute Gasteiger partial charge is 0.251 e. The minimum Gasteiger partial charge on any atom is -0.381 e. The molecule has 3 rings (SSSR count). The Labute approximate surface area is 147 Å². The largest absolute Gasteiger partial charge is 0.381 e. The first-order valence-electron chi connectivity index (χ1n) is 8.47. The fourth-order valence-corrected chi connectivity index (χ4v) is 3.13. The quantitative estimate of drug-likeness (QED) is 0.879. The van der Waals surface area contributed by atoms with Crippen molar-refractivity contribution in [2.24, 2.45) is 0 Å². The van der Waals surface area contributed by atoms with Gasteiger partial charge in [0, 0.05) is 18.8 Å². The first-order chi connectivity index (χ1) is 12.2. The molecule has 2 aromatic rings. The summed E-state index contributed by atoms with van der Waals surface area (Å²) in [6.07, 6.45) is 1.44. The van der Waals surface area contributed by atoms with Crippen molar-refractivity contribution in [2.75, 3.05) is 19.8 Å². The lowest BCUT2D eigenvalue weighted by molar-refractivity contribution is -0.123. The molecule has 1 aliphatic rings. The average Bonchev–Trinajstić information content (AvgIpc) is 2.68. The number of nitrogens with one attached hydrogen (secondary N) is 2. The third-order valence-corrected chi connectivity index (χ3v) is 4.50. The number of rotatable bonds is 5. The fourth-order valence-electron chi connectivity index (χ4n) is 3.13. The van der Waals surface area contributed by atoms with Gasteiger partial charge >= 0.3 is 0 Å². The molecule has 2 aromatic carbocycles. The van der Waals surface area contributed by atoms with Gasteiger partial charge < -0.3 is 15.4 Å². The van der Waals surface area contributed by atoms with Gasteiger partial charge in [-0.1, -0.05) is 48.5 Å². The standard InChI is InChI=1S/C20H22N2O3/c23-18(15-21-19(24)16-7-3-1-4-8-16)22-20(11-13-25-14-12-20)17-9-5-2-6-10-17/h1-10H,11-15H2,(H,21,24)(H,22,23). The number of hydrogen-bond acceptors (Lipinski definition) is 3. The molecule has 0 aliphatic carbocycles. The fraction of sp³-hybridized carbons (Fsp3) is 0.300. The molecule has 0 spiro atoms. The topological polar surface area (TPSA) is 67.4 Å². The Kier molecular flexibility index (Phi) is 5.46. The van der Waals surface area contributed by atoms with Crippen LogP contribution in [0.3, 0.4) is 0 Å². The highest BCUT2D eigenvalue weighted by Crippen LogP contribution is 2.31. The van der Waals surface area contributed by atoms with Crippen molar-refractivity contribution < 1.29 is 14.3 Å². The molecule has 25 heavy (non-hydrogen) atoms. The molecule has 0 saturated carbocycles. The molecule has 130 valence electrons. The van der Waals surface area contributed by atoms with Crippen LogP contribution in [0.5, 0.6) is 0 Å². The van der Waals surface area contributed by atoms with Crippen LogP contribution in [0, 0.1) is 0 Å². The summed E-state index contributed by atoms with van der Waals surface area (Å²) in [6, 6.07) is 18.8. The molecule has 1 heterocycles.